The molecule has 0 amide bonds. The molecule has 0 bridgehead atoms. The van der Waals surface area contributed by atoms with Crippen molar-refractivity contribution in [1.29, 1.82) is 0 Å². The highest BCUT2D eigenvalue weighted by Gasteiger charge is 2.24. The molecule has 0 spiro atoms. The first-order valence-electron chi connectivity index (χ1n) is 7.61. The van der Waals surface area contributed by atoms with Gasteiger partial charge in [-0.25, -0.2) is 8.42 Å². The molecule has 2 rings (SSSR count). The quantitative estimate of drug-likeness (QED) is 0.726. The summed E-state index contributed by atoms with van der Waals surface area (Å²) in [5.74, 6) is 0.0260. The van der Waals surface area contributed by atoms with E-state index in [2.05, 4.69) is 4.99 Å². The van der Waals surface area contributed by atoms with Crippen molar-refractivity contribution in [2.24, 2.45) is 4.99 Å². The highest BCUT2D eigenvalue weighted by atomic mass is 35.5. The van der Waals surface area contributed by atoms with Crippen LogP contribution in [0.15, 0.2) is 46.3 Å². The van der Waals surface area contributed by atoms with E-state index in [1.807, 2.05) is 0 Å². The van der Waals surface area contributed by atoms with E-state index in [9.17, 15) is 13.5 Å². The number of nitrogens with zero attached hydrogens (tertiary/aromatic N) is 2. The lowest BCUT2D eigenvalue weighted by Crippen LogP contribution is -2.30. The zero-order valence-electron chi connectivity index (χ0n) is 13.8. The van der Waals surface area contributed by atoms with Crippen LogP contribution in [0.2, 0.25) is 10.0 Å². The van der Waals surface area contributed by atoms with Gasteiger partial charge in [0.15, 0.2) is 0 Å². The lowest BCUT2D eigenvalue weighted by molar-refractivity contribution is 0.445. The third-order valence-electron chi connectivity index (χ3n) is 3.58. The summed E-state index contributed by atoms with van der Waals surface area (Å²) < 4.78 is 26.7. The largest absolute Gasteiger partial charge is 0.507 e. The average Bonchev–Trinajstić information content (AvgIpc) is 2.57. The third-order valence-corrected chi connectivity index (χ3v) is 6.35. The highest BCUT2D eigenvalue weighted by Crippen LogP contribution is 2.29. The lowest BCUT2D eigenvalue weighted by Gasteiger charge is -2.19. The van der Waals surface area contributed by atoms with E-state index in [4.69, 9.17) is 23.2 Å². The van der Waals surface area contributed by atoms with E-state index in [-0.39, 0.29) is 15.7 Å². The Morgan fingerprint density at radius 3 is 2.44 bits per heavy atom. The van der Waals surface area contributed by atoms with E-state index in [1.165, 1.54) is 28.7 Å². The van der Waals surface area contributed by atoms with Gasteiger partial charge in [-0.05, 0) is 36.4 Å². The number of halogens is 2. The molecule has 8 heteroatoms. The van der Waals surface area contributed by atoms with Gasteiger partial charge in [-0.3, -0.25) is 4.99 Å². The van der Waals surface area contributed by atoms with Crippen LogP contribution in [0.25, 0.3) is 0 Å². The van der Waals surface area contributed by atoms with Crippen LogP contribution in [0.3, 0.4) is 0 Å². The summed E-state index contributed by atoms with van der Waals surface area (Å²) in [7, 11) is -3.70. The fourth-order valence-corrected chi connectivity index (χ4v) is 4.38. The second-order valence-electron chi connectivity index (χ2n) is 5.17. The molecule has 0 saturated heterocycles. The van der Waals surface area contributed by atoms with Crippen LogP contribution in [0.4, 0.5) is 5.69 Å². The minimum atomic E-state index is -3.70. The summed E-state index contributed by atoms with van der Waals surface area (Å²) in [5.41, 5.74) is 0.824. The van der Waals surface area contributed by atoms with Crippen molar-refractivity contribution in [3.05, 3.63) is 52.0 Å². The van der Waals surface area contributed by atoms with Gasteiger partial charge in [0.1, 0.15) is 10.6 Å². The molecular formula is C17H18Cl2N2O3S. The number of benzene rings is 2. The number of rotatable bonds is 6. The van der Waals surface area contributed by atoms with Gasteiger partial charge in [-0.15, -0.1) is 0 Å². The van der Waals surface area contributed by atoms with Gasteiger partial charge in [0, 0.05) is 29.9 Å². The van der Waals surface area contributed by atoms with Gasteiger partial charge in [-0.2, -0.15) is 4.31 Å². The van der Waals surface area contributed by atoms with Gasteiger partial charge in [0.25, 0.3) is 0 Å². The predicted molar refractivity (Wildman–Crippen MR) is 102 cm³/mol. The molecule has 0 aliphatic rings. The first-order valence-corrected chi connectivity index (χ1v) is 9.81. The molecular weight excluding hydrogens is 383 g/mol. The molecule has 2 aromatic rings. The monoisotopic (exact) mass is 400 g/mol. The van der Waals surface area contributed by atoms with Crippen molar-refractivity contribution < 1.29 is 13.5 Å². The molecule has 0 aliphatic carbocycles. The molecule has 0 saturated carbocycles. The summed E-state index contributed by atoms with van der Waals surface area (Å²) in [6, 6.07) is 9.08. The average molecular weight is 401 g/mol. The van der Waals surface area contributed by atoms with Crippen LogP contribution in [0.5, 0.6) is 5.75 Å². The van der Waals surface area contributed by atoms with Crippen molar-refractivity contribution in [2.75, 3.05) is 13.1 Å². The summed E-state index contributed by atoms with van der Waals surface area (Å²) in [4.78, 5) is 4.22. The first-order chi connectivity index (χ1) is 11.8. The van der Waals surface area contributed by atoms with E-state index in [0.717, 1.165) is 0 Å². The van der Waals surface area contributed by atoms with Crippen LogP contribution in [0, 0.1) is 0 Å². The van der Waals surface area contributed by atoms with Gasteiger partial charge in [-0.1, -0.05) is 37.0 Å². The Bertz CT molecular complexity index is 895. The van der Waals surface area contributed by atoms with Crippen LogP contribution < -0.4 is 0 Å². The van der Waals surface area contributed by atoms with Crippen LogP contribution in [-0.4, -0.2) is 37.1 Å². The number of phenols is 1. The molecule has 0 heterocycles. The number of sulfonamides is 1. The Morgan fingerprint density at radius 1 is 1.12 bits per heavy atom. The Balaban J connectivity index is 2.42. The number of hydrogen-bond acceptors (Lipinski definition) is 4. The molecule has 0 atom stereocenters. The molecule has 25 heavy (non-hydrogen) atoms. The number of aromatic hydroxyl groups is 1. The molecule has 5 nitrogen and oxygen atoms in total. The smallest absolute Gasteiger partial charge is 0.244 e. The molecule has 2 aromatic carbocycles. The molecule has 0 unspecified atom stereocenters. The summed E-state index contributed by atoms with van der Waals surface area (Å²) >= 11 is 12.0. The van der Waals surface area contributed by atoms with Crippen LogP contribution >= 0.6 is 23.2 Å². The Morgan fingerprint density at radius 2 is 1.80 bits per heavy atom. The maximum absolute atomic E-state index is 12.7. The Hall–Kier alpha value is -1.60. The van der Waals surface area contributed by atoms with Crippen molar-refractivity contribution >= 4 is 45.1 Å². The van der Waals surface area contributed by atoms with Crippen molar-refractivity contribution in [1.82, 2.24) is 4.31 Å². The molecule has 0 fully saturated rings. The van der Waals surface area contributed by atoms with Crippen molar-refractivity contribution in [3.63, 3.8) is 0 Å². The normalized spacial score (nSPS) is 12.2. The minimum absolute atomic E-state index is 0.00262. The second-order valence-corrected chi connectivity index (χ2v) is 7.92. The summed E-state index contributed by atoms with van der Waals surface area (Å²) in [6.45, 7) is 4.22. The summed E-state index contributed by atoms with van der Waals surface area (Å²) in [5, 5.41) is 10.4. The van der Waals surface area contributed by atoms with E-state index < -0.39 is 10.0 Å². The van der Waals surface area contributed by atoms with Gasteiger partial charge in [0.05, 0.1) is 10.7 Å². The fraction of sp³-hybridized carbons (Fsp3) is 0.235. The summed E-state index contributed by atoms with van der Waals surface area (Å²) in [6.07, 6.45) is 1.41. The number of phenolic OH excluding ortho intramolecular Hbond substituents is 1. The van der Waals surface area contributed by atoms with E-state index >= 15 is 0 Å². The number of hydrogen-bond donors (Lipinski definition) is 1. The molecule has 1 N–H and O–H groups in total. The Labute approximate surface area is 157 Å². The van der Waals surface area contributed by atoms with Crippen molar-refractivity contribution in [3.8, 4) is 5.75 Å². The first kappa shape index (κ1) is 19.7. The topological polar surface area (TPSA) is 70.0 Å². The van der Waals surface area contributed by atoms with Crippen LogP contribution in [0.1, 0.15) is 19.4 Å². The third kappa shape index (κ3) is 4.52. The molecule has 134 valence electrons. The van der Waals surface area contributed by atoms with Gasteiger partial charge < -0.3 is 5.11 Å². The SMILES string of the molecule is CCN(CC)S(=O)(=O)c1cc(N=Cc2cc(Cl)ccc2O)ccc1Cl. The van der Waals surface area contributed by atoms with Crippen LogP contribution in [-0.2, 0) is 10.0 Å². The zero-order chi connectivity index (χ0) is 18.6. The maximum Gasteiger partial charge on any atom is 0.244 e. The van der Waals surface area contributed by atoms with Crippen molar-refractivity contribution in [2.45, 2.75) is 18.7 Å². The predicted octanol–water partition coefficient (Wildman–Crippen LogP) is 4.48. The molecule has 0 aromatic heterocycles. The lowest BCUT2D eigenvalue weighted by atomic mass is 10.2. The molecule has 0 radical (unpaired) electrons. The fourth-order valence-electron chi connectivity index (χ4n) is 2.25. The highest BCUT2D eigenvalue weighted by molar-refractivity contribution is 7.89. The minimum Gasteiger partial charge on any atom is -0.507 e. The van der Waals surface area contributed by atoms with E-state index in [1.54, 1.807) is 32.0 Å². The van der Waals surface area contributed by atoms with E-state index in [0.29, 0.717) is 29.4 Å². The van der Waals surface area contributed by atoms with Gasteiger partial charge in [0.2, 0.25) is 10.0 Å². The van der Waals surface area contributed by atoms with Gasteiger partial charge >= 0.3 is 0 Å². The molecule has 0 aliphatic heterocycles. The Kier molecular flexibility index (Phi) is 6.46. The zero-order valence-corrected chi connectivity index (χ0v) is 16.1. The maximum atomic E-state index is 12.7. The number of aliphatic imine (C=N–C) groups is 1. The standard InChI is InChI=1S/C17H18Cl2N2O3S/c1-3-21(4-2)25(23,24)17-10-14(6-7-15(17)19)20-11-12-9-13(18)5-8-16(12)22/h5-11,22H,3-4H2,1-2H3. The second kappa shape index (κ2) is 8.19.